The molecule has 3 heterocycles. The summed E-state index contributed by atoms with van der Waals surface area (Å²) in [4.78, 5) is 24.8. The van der Waals surface area contributed by atoms with E-state index < -0.39 is 0 Å². The lowest BCUT2D eigenvalue weighted by atomic mass is 10.0. The zero-order valence-corrected chi connectivity index (χ0v) is 18.6. The number of rotatable bonds is 5. The first-order chi connectivity index (χ1) is 16.2. The van der Waals surface area contributed by atoms with Crippen LogP contribution in [0.2, 0.25) is 0 Å². The minimum Gasteiger partial charge on any atom is -0.399 e. The Hall–Kier alpha value is -3.52. The normalized spacial score (nSPS) is 22.0. The van der Waals surface area contributed by atoms with Gasteiger partial charge in [0, 0.05) is 12.0 Å². The maximum atomic E-state index is 13.5. The van der Waals surface area contributed by atoms with E-state index in [4.69, 9.17) is 9.36 Å². The number of amides is 1. The summed E-state index contributed by atoms with van der Waals surface area (Å²) in [6.07, 6.45) is 3.78. The number of carbonyl (C=O) groups excluding carboxylic acids is 1. The Morgan fingerprint density at radius 3 is 2.64 bits per heavy atom. The van der Waals surface area contributed by atoms with Gasteiger partial charge in [-0.05, 0) is 42.6 Å². The number of nitrogens with one attached hydrogen (secondary N) is 1. The highest BCUT2D eigenvalue weighted by Crippen LogP contribution is 2.33. The molecule has 2 atom stereocenters. The van der Waals surface area contributed by atoms with Gasteiger partial charge in [-0.25, -0.2) is 0 Å². The molecule has 1 unspecified atom stereocenters. The molecule has 1 N–H and O–H groups in total. The van der Waals surface area contributed by atoms with Crippen molar-refractivity contribution >= 4 is 11.6 Å². The van der Waals surface area contributed by atoms with E-state index >= 15 is 0 Å². The maximum Gasteiger partial charge on any atom is 0.254 e. The summed E-state index contributed by atoms with van der Waals surface area (Å²) in [5.41, 5.74) is 3.55. The molecule has 0 saturated carbocycles. The third-order valence-corrected chi connectivity index (χ3v) is 6.24. The fraction of sp³-hybridized carbons (Fsp3) is 0.360. The predicted octanol–water partition coefficient (Wildman–Crippen LogP) is 4.14. The van der Waals surface area contributed by atoms with E-state index in [2.05, 4.69) is 32.7 Å². The van der Waals surface area contributed by atoms with Gasteiger partial charge >= 0.3 is 0 Å². The smallest absolute Gasteiger partial charge is 0.254 e. The Bertz CT molecular complexity index is 1120. The van der Waals surface area contributed by atoms with Crippen LogP contribution in [0.25, 0.3) is 11.1 Å². The highest BCUT2D eigenvalue weighted by molar-refractivity contribution is 6.00. The van der Waals surface area contributed by atoms with E-state index in [0.29, 0.717) is 30.2 Å². The monoisotopic (exact) mass is 445 g/mol. The molecule has 170 valence electrons. The van der Waals surface area contributed by atoms with Crippen LogP contribution in [-0.4, -0.2) is 46.9 Å². The van der Waals surface area contributed by atoms with Crippen molar-refractivity contribution in [2.45, 2.75) is 37.8 Å². The molecule has 8 nitrogen and oxygen atoms in total. The first-order valence-corrected chi connectivity index (χ1v) is 11.3. The minimum atomic E-state index is -0.370. The summed E-state index contributed by atoms with van der Waals surface area (Å²) in [5.74, 6) is 0.992. The Kier molecular flexibility index (Phi) is 6.17. The topological polar surface area (TPSA) is 92.8 Å². The Balaban J connectivity index is 1.38. The summed E-state index contributed by atoms with van der Waals surface area (Å²) in [6.45, 7) is 1.31. The van der Waals surface area contributed by atoms with Crippen molar-refractivity contribution in [2.75, 3.05) is 20.2 Å². The molecule has 1 amide bonds. The van der Waals surface area contributed by atoms with Crippen molar-refractivity contribution in [2.24, 2.45) is 5.16 Å². The van der Waals surface area contributed by atoms with Gasteiger partial charge in [-0.2, -0.15) is 4.98 Å². The lowest BCUT2D eigenvalue weighted by Gasteiger charge is -2.22. The molecule has 0 radical (unpaired) electrons. The SMILES string of the molecule is CON=C1C[C@@H](c2nc(C3CCCCN3)no2)N(C(=O)c2ccc(-c3ccccc3)cc2)C1. The molecule has 0 spiro atoms. The number of hydrogen-bond acceptors (Lipinski definition) is 7. The quantitative estimate of drug-likeness (QED) is 0.594. The van der Waals surface area contributed by atoms with E-state index in [0.717, 1.165) is 42.6 Å². The van der Waals surface area contributed by atoms with Gasteiger partial charge in [0.05, 0.1) is 18.3 Å². The number of likely N-dealkylation sites (tertiary alicyclic amines) is 1. The molecule has 0 bridgehead atoms. The summed E-state index contributed by atoms with van der Waals surface area (Å²) in [5, 5.41) is 11.7. The van der Waals surface area contributed by atoms with Crippen LogP contribution in [0.1, 0.15) is 59.8 Å². The molecule has 8 heteroatoms. The van der Waals surface area contributed by atoms with Crippen LogP contribution < -0.4 is 5.32 Å². The second kappa shape index (κ2) is 9.54. The zero-order valence-electron chi connectivity index (χ0n) is 18.6. The summed E-state index contributed by atoms with van der Waals surface area (Å²) >= 11 is 0. The Morgan fingerprint density at radius 2 is 1.91 bits per heavy atom. The van der Waals surface area contributed by atoms with Gasteiger partial charge in [-0.1, -0.05) is 59.2 Å². The van der Waals surface area contributed by atoms with Gasteiger partial charge in [0.25, 0.3) is 5.91 Å². The summed E-state index contributed by atoms with van der Waals surface area (Å²) in [6, 6.07) is 17.5. The average molecular weight is 446 g/mol. The summed E-state index contributed by atoms with van der Waals surface area (Å²) in [7, 11) is 1.51. The molecular formula is C25H27N5O3. The molecule has 2 saturated heterocycles. The molecule has 5 rings (SSSR count). The number of hydrogen-bond donors (Lipinski definition) is 1. The van der Waals surface area contributed by atoms with E-state index in [1.54, 1.807) is 4.90 Å². The molecule has 3 aromatic rings. The maximum absolute atomic E-state index is 13.5. The van der Waals surface area contributed by atoms with Gasteiger partial charge in [0.15, 0.2) is 5.82 Å². The Morgan fingerprint density at radius 1 is 1.12 bits per heavy atom. The number of carbonyl (C=O) groups is 1. The van der Waals surface area contributed by atoms with Crippen LogP contribution in [0.5, 0.6) is 0 Å². The molecule has 2 aromatic carbocycles. The fourth-order valence-corrected chi connectivity index (χ4v) is 4.53. The van der Waals surface area contributed by atoms with Gasteiger partial charge in [-0.15, -0.1) is 0 Å². The first kappa shape index (κ1) is 21.3. The average Bonchev–Trinajstić information content (AvgIpc) is 3.53. The van der Waals surface area contributed by atoms with Gasteiger partial charge in [0.1, 0.15) is 13.2 Å². The highest BCUT2D eigenvalue weighted by atomic mass is 16.6. The molecule has 2 aliphatic heterocycles. The number of nitrogens with zero attached hydrogens (tertiary/aromatic N) is 4. The summed E-state index contributed by atoms with van der Waals surface area (Å²) < 4.78 is 5.63. The van der Waals surface area contributed by atoms with Crippen LogP contribution in [0.15, 0.2) is 64.3 Å². The fourth-order valence-electron chi connectivity index (χ4n) is 4.53. The molecular weight excluding hydrogens is 418 g/mol. The third-order valence-electron chi connectivity index (χ3n) is 6.24. The van der Waals surface area contributed by atoms with E-state index in [-0.39, 0.29) is 18.0 Å². The minimum absolute atomic E-state index is 0.0967. The van der Waals surface area contributed by atoms with Crippen LogP contribution in [-0.2, 0) is 4.84 Å². The third kappa shape index (κ3) is 4.52. The van der Waals surface area contributed by atoms with E-state index in [9.17, 15) is 4.79 Å². The standard InChI is InChI=1S/C25H27N5O3/c1-32-28-20-15-22(24-27-23(29-33-24)21-9-5-6-14-26-21)30(16-20)25(31)19-12-10-18(11-13-19)17-7-3-2-4-8-17/h2-4,7-8,10-13,21-22,26H,5-6,9,14-16H2,1H3/t21?,22-/m0/s1. The van der Waals surface area contributed by atoms with Crippen LogP contribution in [0, 0.1) is 0 Å². The number of oxime groups is 1. The van der Waals surface area contributed by atoms with Crippen LogP contribution in [0.4, 0.5) is 0 Å². The van der Waals surface area contributed by atoms with Crippen molar-refractivity contribution in [3.63, 3.8) is 0 Å². The lowest BCUT2D eigenvalue weighted by molar-refractivity contribution is 0.0713. The predicted molar refractivity (Wildman–Crippen MR) is 124 cm³/mol. The number of aromatic nitrogens is 2. The lowest BCUT2D eigenvalue weighted by Crippen LogP contribution is -2.31. The molecule has 1 aromatic heterocycles. The van der Waals surface area contributed by atoms with Crippen molar-refractivity contribution in [3.05, 3.63) is 71.9 Å². The van der Waals surface area contributed by atoms with Crippen LogP contribution in [0.3, 0.4) is 0 Å². The first-order valence-electron chi connectivity index (χ1n) is 11.3. The van der Waals surface area contributed by atoms with E-state index in [1.165, 1.54) is 7.11 Å². The zero-order chi connectivity index (χ0) is 22.6. The molecule has 0 aliphatic carbocycles. The second-order valence-corrected chi connectivity index (χ2v) is 8.43. The van der Waals surface area contributed by atoms with Crippen molar-refractivity contribution in [3.8, 4) is 11.1 Å². The van der Waals surface area contributed by atoms with Gasteiger partial charge in [-0.3, -0.25) is 4.79 Å². The van der Waals surface area contributed by atoms with E-state index in [1.807, 2.05) is 42.5 Å². The van der Waals surface area contributed by atoms with Crippen molar-refractivity contribution in [1.82, 2.24) is 20.4 Å². The number of piperidine rings is 1. The van der Waals surface area contributed by atoms with Crippen molar-refractivity contribution in [1.29, 1.82) is 0 Å². The Labute approximate surface area is 192 Å². The molecule has 2 fully saturated rings. The van der Waals surface area contributed by atoms with Crippen LogP contribution >= 0.6 is 0 Å². The largest absolute Gasteiger partial charge is 0.399 e. The highest BCUT2D eigenvalue weighted by Gasteiger charge is 2.39. The van der Waals surface area contributed by atoms with Gasteiger partial charge in [0.2, 0.25) is 5.89 Å². The number of benzene rings is 2. The van der Waals surface area contributed by atoms with Crippen molar-refractivity contribution < 1.29 is 14.2 Å². The van der Waals surface area contributed by atoms with Gasteiger partial charge < -0.3 is 19.6 Å². The molecule has 2 aliphatic rings. The second-order valence-electron chi connectivity index (χ2n) is 8.43. The molecule has 33 heavy (non-hydrogen) atoms.